The largest absolute Gasteiger partial charge is 0.497 e. The third-order valence-electron chi connectivity index (χ3n) is 4.45. The van der Waals surface area contributed by atoms with Gasteiger partial charge in [0.05, 0.1) is 20.3 Å². The maximum absolute atomic E-state index is 12.5. The van der Waals surface area contributed by atoms with Crippen molar-refractivity contribution in [3.63, 3.8) is 0 Å². The highest BCUT2D eigenvalue weighted by molar-refractivity contribution is 6.04. The number of ether oxygens (including phenoxy) is 2. The second kappa shape index (κ2) is 7.09. The van der Waals surface area contributed by atoms with Crippen molar-refractivity contribution in [3.05, 3.63) is 54.3 Å². The molecule has 1 aliphatic rings. The fraction of sp³-hybridized carbons (Fsp3) is 0.250. The minimum absolute atomic E-state index is 0.269. The highest BCUT2D eigenvalue weighted by Gasteiger charge is 2.14. The molecule has 6 nitrogen and oxygen atoms in total. The van der Waals surface area contributed by atoms with E-state index >= 15 is 0 Å². The molecule has 1 fully saturated rings. The first-order chi connectivity index (χ1) is 12.7. The molecule has 1 saturated heterocycles. The fourth-order valence-corrected chi connectivity index (χ4v) is 3.03. The quantitative estimate of drug-likeness (QED) is 0.778. The van der Waals surface area contributed by atoms with Gasteiger partial charge in [-0.1, -0.05) is 0 Å². The molecule has 0 radical (unpaired) electrons. The Kier molecular flexibility index (Phi) is 4.50. The Morgan fingerprint density at radius 2 is 1.85 bits per heavy atom. The van der Waals surface area contributed by atoms with Crippen LogP contribution in [0.5, 0.6) is 5.75 Å². The van der Waals surface area contributed by atoms with Gasteiger partial charge in [0, 0.05) is 29.9 Å². The van der Waals surface area contributed by atoms with E-state index in [0.29, 0.717) is 5.58 Å². The normalized spacial score (nSPS) is 14.4. The zero-order valence-electron chi connectivity index (χ0n) is 14.5. The van der Waals surface area contributed by atoms with E-state index in [1.54, 1.807) is 25.3 Å². The van der Waals surface area contributed by atoms with Crippen molar-refractivity contribution in [2.75, 3.05) is 43.6 Å². The molecule has 3 aromatic rings. The number of fused-ring (bicyclic) bond motifs is 1. The molecule has 2 aromatic carbocycles. The molecule has 1 aromatic heterocycles. The first kappa shape index (κ1) is 16.5. The summed E-state index contributed by atoms with van der Waals surface area (Å²) in [6, 6.07) is 15.0. The first-order valence-electron chi connectivity index (χ1n) is 8.54. The molecule has 1 N–H and O–H groups in total. The van der Waals surface area contributed by atoms with Gasteiger partial charge in [0.25, 0.3) is 5.91 Å². The summed E-state index contributed by atoms with van der Waals surface area (Å²) in [7, 11) is 1.61. The zero-order chi connectivity index (χ0) is 17.9. The number of hydrogen-bond acceptors (Lipinski definition) is 5. The van der Waals surface area contributed by atoms with Gasteiger partial charge < -0.3 is 24.1 Å². The Morgan fingerprint density at radius 3 is 2.58 bits per heavy atom. The molecule has 1 amide bonds. The highest BCUT2D eigenvalue weighted by Crippen LogP contribution is 2.25. The minimum atomic E-state index is -0.278. The van der Waals surface area contributed by atoms with Crippen LogP contribution < -0.4 is 15.0 Å². The molecule has 1 aliphatic heterocycles. The lowest BCUT2D eigenvalue weighted by atomic mass is 10.2. The molecular weight excluding hydrogens is 332 g/mol. The average Bonchev–Trinajstić information content (AvgIpc) is 3.12. The number of carbonyl (C=O) groups is 1. The molecule has 26 heavy (non-hydrogen) atoms. The number of nitrogens with one attached hydrogen (secondary N) is 1. The van der Waals surface area contributed by atoms with E-state index in [1.807, 2.05) is 30.3 Å². The van der Waals surface area contributed by atoms with Crippen LogP contribution in [0.25, 0.3) is 11.0 Å². The van der Waals surface area contributed by atoms with E-state index in [-0.39, 0.29) is 11.7 Å². The van der Waals surface area contributed by atoms with Crippen LogP contribution >= 0.6 is 0 Å². The van der Waals surface area contributed by atoms with Crippen LogP contribution in [0.4, 0.5) is 11.4 Å². The van der Waals surface area contributed by atoms with Crippen molar-refractivity contribution in [1.29, 1.82) is 0 Å². The lowest BCUT2D eigenvalue weighted by molar-refractivity contribution is 0.0998. The molecule has 0 aliphatic carbocycles. The third kappa shape index (κ3) is 3.36. The van der Waals surface area contributed by atoms with E-state index in [2.05, 4.69) is 10.2 Å². The topological polar surface area (TPSA) is 63.9 Å². The number of hydrogen-bond donors (Lipinski definition) is 1. The van der Waals surface area contributed by atoms with Gasteiger partial charge in [0.2, 0.25) is 0 Å². The number of carbonyl (C=O) groups excluding carboxylic acids is 1. The molecule has 0 unspecified atom stereocenters. The van der Waals surface area contributed by atoms with Crippen molar-refractivity contribution >= 4 is 28.3 Å². The first-order valence-corrected chi connectivity index (χ1v) is 8.54. The van der Waals surface area contributed by atoms with E-state index in [9.17, 15) is 4.79 Å². The molecule has 134 valence electrons. The predicted octanol–water partition coefficient (Wildman–Crippen LogP) is 3.53. The van der Waals surface area contributed by atoms with Gasteiger partial charge in [-0.2, -0.15) is 0 Å². The SMILES string of the molecule is COc1ccc2oc(C(=O)Nc3ccc(N4CCOCC4)cc3)cc2c1. The van der Waals surface area contributed by atoms with Gasteiger partial charge in [0.1, 0.15) is 11.3 Å². The molecule has 4 rings (SSSR count). The number of morpholine rings is 1. The Bertz CT molecular complexity index is 911. The maximum Gasteiger partial charge on any atom is 0.291 e. The van der Waals surface area contributed by atoms with Gasteiger partial charge in [-0.05, 0) is 48.5 Å². The van der Waals surface area contributed by atoms with Gasteiger partial charge in [-0.25, -0.2) is 0 Å². The van der Waals surface area contributed by atoms with Crippen molar-refractivity contribution < 1.29 is 18.7 Å². The van der Waals surface area contributed by atoms with Gasteiger partial charge in [0.15, 0.2) is 5.76 Å². The smallest absolute Gasteiger partial charge is 0.291 e. The number of benzene rings is 2. The van der Waals surface area contributed by atoms with E-state index in [0.717, 1.165) is 48.8 Å². The summed E-state index contributed by atoms with van der Waals surface area (Å²) >= 11 is 0. The van der Waals surface area contributed by atoms with Crippen molar-refractivity contribution in [1.82, 2.24) is 0 Å². The predicted molar refractivity (Wildman–Crippen MR) is 100 cm³/mol. The minimum Gasteiger partial charge on any atom is -0.497 e. The number of nitrogens with zero attached hydrogens (tertiary/aromatic N) is 1. The molecule has 2 heterocycles. The summed E-state index contributed by atoms with van der Waals surface area (Å²) in [6.07, 6.45) is 0. The van der Waals surface area contributed by atoms with Crippen LogP contribution in [-0.2, 0) is 4.74 Å². The molecule has 6 heteroatoms. The number of amides is 1. The van der Waals surface area contributed by atoms with Crippen molar-refractivity contribution in [3.8, 4) is 5.75 Å². The second-order valence-electron chi connectivity index (χ2n) is 6.11. The summed E-state index contributed by atoms with van der Waals surface area (Å²) in [5.74, 6) is 0.716. The number of furan rings is 1. The van der Waals surface area contributed by atoms with Crippen molar-refractivity contribution in [2.45, 2.75) is 0 Å². The van der Waals surface area contributed by atoms with Crippen LogP contribution in [0.15, 0.2) is 52.9 Å². The van der Waals surface area contributed by atoms with E-state index in [4.69, 9.17) is 13.9 Å². The fourth-order valence-electron chi connectivity index (χ4n) is 3.03. The summed E-state index contributed by atoms with van der Waals surface area (Å²) in [4.78, 5) is 14.7. The van der Waals surface area contributed by atoms with E-state index in [1.165, 1.54) is 0 Å². The van der Waals surface area contributed by atoms with Gasteiger partial charge in [-0.15, -0.1) is 0 Å². The molecular formula is C20H20N2O4. The van der Waals surface area contributed by atoms with Crippen molar-refractivity contribution in [2.24, 2.45) is 0 Å². The Labute approximate surface area is 151 Å². The van der Waals surface area contributed by atoms with E-state index < -0.39 is 0 Å². The van der Waals surface area contributed by atoms with Crippen LogP contribution in [0.2, 0.25) is 0 Å². The monoisotopic (exact) mass is 352 g/mol. The van der Waals surface area contributed by atoms with Crippen LogP contribution in [-0.4, -0.2) is 39.3 Å². The Morgan fingerprint density at radius 1 is 1.08 bits per heavy atom. The highest BCUT2D eigenvalue weighted by atomic mass is 16.5. The van der Waals surface area contributed by atoms with Gasteiger partial charge in [-0.3, -0.25) is 4.79 Å². The molecule has 0 spiro atoms. The standard InChI is InChI=1S/C20H20N2O4/c1-24-17-6-7-18-14(12-17)13-19(26-18)20(23)21-15-2-4-16(5-3-15)22-8-10-25-11-9-22/h2-7,12-13H,8-11H2,1H3,(H,21,23). The lowest BCUT2D eigenvalue weighted by Gasteiger charge is -2.28. The van der Waals surface area contributed by atoms with Crippen LogP contribution in [0.1, 0.15) is 10.6 Å². The summed E-state index contributed by atoms with van der Waals surface area (Å²) in [5.41, 5.74) is 2.51. The molecule has 0 atom stereocenters. The number of rotatable bonds is 4. The molecule has 0 saturated carbocycles. The Hall–Kier alpha value is -2.99. The molecule has 0 bridgehead atoms. The van der Waals surface area contributed by atoms with Crippen LogP contribution in [0, 0.1) is 0 Å². The summed E-state index contributed by atoms with van der Waals surface area (Å²) in [5, 5.41) is 3.70. The zero-order valence-corrected chi connectivity index (χ0v) is 14.5. The summed E-state index contributed by atoms with van der Waals surface area (Å²) < 4.78 is 16.2. The second-order valence-corrected chi connectivity index (χ2v) is 6.11. The number of methoxy groups -OCH3 is 1. The third-order valence-corrected chi connectivity index (χ3v) is 4.45. The number of anilines is 2. The Balaban J connectivity index is 1.47. The lowest BCUT2D eigenvalue weighted by Crippen LogP contribution is -2.36. The average molecular weight is 352 g/mol. The van der Waals surface area contributed by atoms with Gasteiger partial charge >= 0.3 is 0 Å². The van der Waals surface area contributed by atoms with Crippen LogP contribution in [0.3, 0.4) is 0 Å². The maximum atomic E-state index is 12.5. The summed E-state index contributed by atoms with van der Waals surface area (Å²) in [6.45, 7) is 3.26.